The molecule has 1 aliphatic heterocycles. The lowest BCUT2D eigenvalue weighted by molar-refractivity contribution is -0.113. The molecule has 1 amide bonds. The van der Waals surface area contributed by atoms with Crippen molar-refractivity contribution in [2.75, 3.05) is 24.9 Å². The summed E-state index contributed by atoms with van der Waals surface area (Å²) in [5.41, 5.74) is 1.65. The number of methoxy groups -OCH3 is 2. The summed E-state index contributed by atoms with van der Waals surface area (Å²) in [6, 6.07) is 8.33. The number of amides is 1. The Labute approximate surface area is 167 Å². The summed E-state index contributed by atoms with van der Waals surface area (Å²) in [5, 5.41) is 10.3. The van der Waals surface area contributed by atoms with Gasteiger partial charge in [-0.25, -0.2) is 4.68 Å². The number of hydrogen-bond donors (Lipinski definition) is 2. The fraction of sp³-hybridized carbons (Fsp3) is 0.250. The molecule has 1 aromatic carbocycles. The van der Waals surface area contributed by atoms with Crippen molar-refractivity contribution >= 4 is 17.5 Å². The summed E-state index contributed by atoms with van der Waals surface area (Å²) in [6.45, 7) is 3.67. The van der Waals surface area contributed by atoms with Crippen molar-refractivity contribution in [1.29, 1.82) is 0 Å². The van der Waals surface area contributed by atoms with Crippen LogP contribution in [0.5, 0.6) is 11.5 Å². The molecular formula is C20H21N5O4. The van der Waals surface area contributed by atoms with Crippen LogP contribution in [0.15, 0.2) is 52.3 Å². The molecule has 9 heteroatoms. The quantitative estimate of drug-likeness (QED) is 0.684. The highest BCUT2D eigenvalue weighted by Crippen LogP contribution is 2.37. The van der Waals surface area contributed by atoms with Crippen LogP contribution in [0.25, 0.3) is 0 Å². The van der Waals surface area contributed by atoms with Crippen LogP contribution in [0, 0.1) is 6.92 Å². The van der Waals surface area contributed by atoms with Crippen LogP contribution in [0.3, 0.4) is 0 Å². The van der Waals surface area contributed by atoms with E-state index in [1.807, 2.05) is 26.0 Å². The number of nitrogens with zero attached hydrogens (tertiary/aromatic N) is 3. The van der Waals surface area contributed by atoms with E-state index in [0.717, 1.165) is 5.76 Å². The number of allylic oxidation sites excluding steroid dienone is 1. The van der Waals surface area contributed by atoms with Crippen molar-refractivity contribution in [2.24, 2.45) is 0 Å². The molecule has 1 atom stereocenters. The fourth-order valence-electron chi connectivity index (χ4n) is 3.34. The number of ether oxygens (including phenoxy) is 2. The minimum Gasteiger partial charge on any atom is -0.497 e. The number of anilines is 2. The SMILES string of the molecule is COc1ccc(NC(=O)C2=C(C)Nc3ncnn3[C@@H]2c2ccc(C)o2)c(OC)c1. The van der Waals surface area contributed by atoms with Crippen molar-refractivity contribution in [3.05, 3.63) is 59.4 Å². The van der Waals surface area contributed by atoms with E-state index in [1.54, 1.807) is 30.0 Å². The summed E-state index contributed by atoms with van der Waals surface area (Å²) in [5.74, 6) is 2.70. The fourth-order valence-corrected chi connectivity index (χ4v) is 3.34. The number of aromatic nitrogens is 3. The Balaban J connectivity index is 1.73. The van der Waals surface area contributed by atoms with Gasteiger partial charge in [0, 0.05) is 11.8 Å². The highest BCUT2D eigenvalue weighted by molar-refractivity contribution is 6.06. The third kappa shape index (κ3) is 3.31. The molecular weight excluding hydrogens is 374 g/mol. The third-order valence-corrected chi connectivity index (χ3v) is 4.73. The van der Waals surface area contributed by atoms with Crippen molar-refractivity contribution in [1.82, 2.24) is 14.8 Å². The molecule has 0 saturated heterocycles. The Morgan fingerprint density at radius 1 is 1.21 bits per heavy atom. The zero-order chi connectivity index (χ0) is 20.5. The number of rotatable bonds is 5. The molecule has 0 unspecified atom stereocenters. The van der Waals surface area contributed by atoms with E-state index in [4.69, 9.17) is 13.9 Å². The smallest absolute Gasteiger partial charge is 0.256 e. The van der Waals surface area contributed by atoms with Crippen LogP contribution < -0.4 is 20.1 Å². The van der Waals surface area contributed by atoms with Crippen molar-refractivity contribution in [2.45, 2.75) is 19.9 Å². The molecule has 0 aliphatic carbocycles. The lowest BCUT2D eigenvalue weighted by atomic mass is 10.00. The maximum atomic E-state index is 13.3. The molecule has 2 N–H and O–H groups in total. The standard InChI is InChI=1S/C20H21N5O4/c1-11-5-8-15(29-11)18-17(12(2)23-20-21-10-22-25(18)20)19(26)24-14-7-6-13(27-3)9-16(14)28-4/h5-10,18H,1-4H3,(H,24,26)(H,21,22,23)/t18-/m1/s1. The zero-order valence-corrected chi connectivity index (χ0v) is 16.5. The molecule has 29 heavy (non-hydrogen) atoms. The van der Waals surface area contributed by atoms with Crippen molar-refractivity contribution in [3.8, 4) is 11.5 Å². The molecule has 0 saturated carbocycles. The number of benzene rings is 1. The summed E-state index contributed by atoms with van der Waals surface area (Å²) < 4.78 is 18.1. The number of hydrogen-bond acceptors (Lipinski definition) is 7. The van der Waals surface area contributed by atoms with Gasteiger partial charge in [-0.15, -0.1) is 0 Å². The normalized spacial score (nSPS) is 15.5. The number of aryl methyl sites for hydroxylation is 1. The summed E-state index contributed by atoms with van der Waals surface area (Å²) in [4.78, 5) is 17.5. The largest absolute Gasteiger partial charge is 0.497 e. The van der Waals surface area contributed by atoms with Crippen LogP contribution in [-0.2, 0) is 4.79 Å². The highest BCUT2D eigenvalue weighted by atomic mass is 16.5. The first-order chi connectivity index (χ1) is 14.0. The second-order valence-electron chi connectivity index (χ2n) is 6.56. The lowest BCUT2D eigenvalue weighted by Gasteiger charge is -2.27. The Hall–Kier alpha value is -3.75. The van der Waals surface area contributed by atoms with E-state index in [9.17, 15) is 4.79 Å². The number of nitrogens with one attached hydrogen (secondary N) is 2. The summed E-state index contributed by atoms with van der Waals surface area (Å²) in [6.07, 6.45) is 1.44. The van der Waals surface area contributed by atoms with Crippen molar-refractivity contribution < 1.29 is 18.7 Å². The first-order valence-corrected chi connectivity index (χ1v) is 8.98. The maximum Gasteiger partial charge on any atom is 0.256 e. The van der Waals surface area contributed by atoms with Gasteiger partial charge in [0.15, 0.2) is 0 Å². The van der Waals surface area contributed by atoms with Crippen LogP contribution in [0.1, 0.15) is 24.5 Å². The zero-order valence-electron chi connectivity index (χ0n) is 16.5. The number of furan rings is 1. The van der Waals surface area contributed by atoms with E-state index in [-0.39, 0.29) is 5.91 Å². The molecule has 0 fully saturated rings. The molecule has 0 bridgehead atoms. The van der Waals surface area contributed by atoms with Gasteiger partial charge in [0.2, 0.25) is 5.95 Å². The average Bonchev–Trinajstić information content (AvgIpc) is 3.35. The first-order valence-electron chi connectivity index (χ1n) is 8.98. The monoisotopic (exact) mass is 395 g/mol. The molecule has 3 aromatic rings. The van der Waals surface area contributed by atoms with Gasteiger partial charge in [0.05, 0.1) is 25.5 Å². The maximum absolute atomic E-state index is 13.3. The molecule has 3 heterocycles. The molecule has 9 nitrogen and oxygen atoms in total. The van der Waals surface area contributed by atoms with Gasteiger partial charge in [0.25, 0.3) is 5.91 Å². The number of fused-ring (bicyclic) bond motifs is 1. The Morgan fingerprint density at radius 3 is 2.72 bits per heavy atom. The average molecular weight is 395 g/mol. The molecule has 0 radical (unpaired) electrons. The second kappa shape index (κ2) is 7.34. The minimum absolute atomic E-state index is 0.307. The van der Waals surface area contributed by atoms with Gasteiger partial charge in [0.1, 0.15) is 35.4 Å². The Bertz CT molecular complexity index is 1100. The molecule has 1 aliphatic rings. The highest BCUT2D eigenvalue weighted by Gasteiger charge is 2.35. The summed E-state index contributed by atoms with van der Waals surface area (Å²) >= 11 is 0. The lowest BCUT2D eigenvalue weighted by Crippen LogP contribution is -2.31. The number of carbonyl (C=O) groups is 1. The molecule has 0 spiro atoms. The van der Waals surface area contributed by atoms with Gasteiger partial charge in [-0.05, 0) is 38.1 Å². The topological polar surface area (TPSA) is 103 Å². The predicted molar refractivity (Wildman–Crippen MR) is 106 cm³/mol. The number of carbonyl (C=O) groups excluding carboxylic acids is 1. The Kier molecular flexibility index (Phi) is 4.71. The van der Waals surface area contributed by atoms with E-state index >= 15 is 0 Å². The van der Waals surface area contributed by atoms with Crippen molar-refractivity contribution in [3.63, 3.8) is 0 Å². The van der Waals surface area contributed by atoms with Crippen LogP contribution >= 0.6 is 0 Å². The molecule has 150 valence electrons. The third-order valence-electron chi connectivity index (χ3n) is 4.73. The van der Waals surface area contributed by atoms with Crippen LogP contribution in [0.4, 0.5) is 11.6 Å². The predicted octanol–water partition coefficient (Wildman–Crippen LogP) is 3.12. The van der Waals surface area contributed by atoms with E-state index in [0.29, 0.717) is 40.2 Å². The molecule has 4 rings (SSSR count). The van der Waals surface area contributed by atoms with Gasteiger partial charge >= 0.3 is 0 Å². The Morgan fingerprint density at radius 2 is 2.03 bits per heavy atom. The van der Waals surface area contributed by atoms with Crippen LogP contribution in [0.2, 0.25) is 0 Å². The summed E-state index contributed by atoms with van der Waals surface area (Å²) in [7, 11) is 3.10. The van der Waals surface area contributed by atoms with Crippen LogP contribution in [-0.4, -0.2) is 34.9 Å². The van der Waals surface area contributed by atoms with E-state index in [1.165, 1.54) is 13.4 Å². The molecule has 2 aromatic heterocycles. The minimum atomic E-state index is -0.549. The van der Waals surface area contributed by atoms with E-state index in [2.05, 4.69) is 20.7 Å². The first kappa shape index (κ1) is 18.6. The van der Waals surface area contributed by atoms with Gasteiger partial charge in [-0.2, -0.15) is 10.1 Å². The second-order valence-corrected chi connectivity index (χ2v) is 6.56. The van der Waals surface area contributed by atoms with Gasteiger partial charge in [-0.3, -0.25) is 4.79 Å². The van der Waals surface area contributed by atoms with E-state index < -0.39 is 6.04 Å². The van der Waals surface area contributed by atoms with Gasteiger partial charge < -0.3 is 24.5 Å². The van der Waals surface area contributed by atoms with Gasteiger partial charge in [-0.1, -0.05) is 0 Å².